The van der Waals surface area contributed by atoms with Gasteiger partial charge in [0.1, 0.15) is 0 Å². The summed E-state index contributed by atoms with van der Waals surface area (Å²) in [6, 6.07) is 7.39. The number of rotatable bonds is 5. The Morgan fingerprint density at radius 3 is 2.46 bits per heavy atom. The Hall–Kier alpha value is -1.92. The van der Waals surface area contributed by atoms with Crippen molar-refractivity contribution >= 4 is 17.5 Å². The van der Waals surface area contributed by atoms with Crippen molar-refractivity contribution in [3.8, 4) is 11.4 Å². The highest BCUT2D eigenvalue weighted by molar-refractivity contribution is 6.30. The van der Waals surface area contributed by atoms with Crippen LogP contribution in [0.3, 0.4) is 0 Å². The molecule has 0 bridgehead atoms. The first-order valence-corrected chi connectivity index (χ1v) is 9.49. The summed E-state index contributed by atoms with van der Waals surface area (Å²) >= 11 is 5.92. The summed E-state index contributed by atoms with van der Waals surface area (Å²) in [6.07, 6.45) is 0.880. The van der Waals surface area contributed by atoms with Gasteiger partial charge in [0.2, 0.25) is 17.6 Å². The van der Waals surface area contributed by atoms with Gasteiger partial charge in [0, 0.05) is 42.7 Å². The molecule has 0 saturated carbocycles. The maximum Gasteiger partial charge on any atom is 0.244 e. The van der Waals surface area contributed by atoms with Crippen LogP contribution >= 0.6 is 11.6 Å². The molecule has 1 amide bonds. The molecule has 1 fully saturated rings. The summed E-state index contributed by atoms with van der Waals surface area (Å²) in [7, 11) is 0. The van der Waals surface area contributed by atoms with E-state index in [1.165, 1.54) is 0 Å². The van der Waals surface area contributed by atoms with Crippen molar-refractivity contribution in [2.45, 2.75) is 33.2 Å². The molecule has 1 aromatic heterocycles. The van der Waals surface area contributed by atoms with Crippen LogP contribution in [0.2, 0.25) is 5.02 Å². The van der Waals surface area contributed by atoms with Gasteiger partial charge in [-0.3, -0.25) is 9.69 Å². The topological polar surface area (TPSA) is 62.5 Å². The average molecular weight is 377 g/mol. The molecule has 0 unspecified atom stereocenters. The summed E-state index contributed by atoms with van der Waals surface area (Å²) in [5, 5.41) is 4.77. The van der Waals surface area contributed by atoms with E-state index in [4.69, 9.17) is 16.1 Å². The minimum absolute atomic E-state index is 0.0180. The van der Waals surface area contributed by atoms with Gasteiger partial charge in [-0.15, -0.1) is 0 Å². The molecule has 2 aromatic rings. The van der Waals surface area contributed by atoms with Crippen LogP contribution in [0.5, 0.6) is 0 Å². The molecule has 7 heteroatoms. The van der Waals surface area contributed by atoms with E-state index in [2.05, 4.69) is 28.9 Å². The third-order valence-corrected chi connectivity index (χ3v) is 5.36. The SMILES string of the molecule is CC[C@@H](C)C(=O)N1CCN([C@@H](C)c2nc(-c3ccc(Cl)cc3)no2)CC1. The molecular weight excluding hydrogens is 352 g/mol. The van der Waals surface area contributed by atoms with Gasteiger partial charge in [-0.25, -0.2) is 0 Å². The Morgan fingerprint density at radius 1 is 1.19 bits per heavy atom. The highest BCUT2D eigenvalue weighted by atomic mass is 35.5. The Balaban J connectivity index is 1.61. The van der Waals surface area contributed by atoms with Crippen molar-refractivity contribution in [1.29, 1.82) is 0 Å². The number of hydrogen-bond donors (Lipinski definition) is 0. The molecule has 140 valence electrons. The van der Waals surface area contributed by atoms with Crippen LogP contribution in [0, 0.1) is 5.92 Å². The first-order chi connectivity index (χ1) is 12.5. The quantitative estimate of drug-likeness (QED) is 0.797. The van der Waals surface area contributed by atoms with Gasteiger partial charge in [-0.05, 0) is 37.6 Å². The molecule has 0 aliphatic carbocycles. The first-order valence-electron chi connectivity index (χ1n) is 9.12. The molecule has 1 aliphatic heterocycles. The van der Waals surface area contributed by atoms with Crippen molar-refractivity contribution in [3.63, 3.8) is 0 Å². The number of aromatic nitrogens is 2. The monoisotopic (exact) mass is 376 g/mol. The molecule has 0 N–H and O–H groups in total. The van der Waals surface area contributed by atoms with Crippen molar-refractivity contribution in [2.75, 3.05) is 26.2 Å². The number of nitrogens with zero attached hydrogens (tertiary/aromatic N) is 4. The van der Waals surface area contributed by atoms with Gasteiger partial charge >= 0.3 is 0 Å². The minimum Gasteiger partial charge on any atom is -0.340 e. The fraction of sp³-hybridized carbons (Fsp3) is 0.526. The number of hydrogen-bond acceptors (Lipinski definition) is 5. The van der Waals surface area contributed by atoms with Gasteiger partial charge in [-0.1, -0.05) is 30.6 Å². The highest BCUT2D eigenvalue weighted by Gasteiger charge is 2.29. The zero-order valence-electron chi connectivity index (χ0n) is 15.5. The van der Waals surface area contributed by atoms with E-state index in [9.17, 15) is 4.79 Å². The van der Waals surface area contributed by atoms with E-state index < -0.39 is 0 Å². The smallest absolute Gasteiger partial charge is 0.244 e. The Morgan fingerprint density at radius 2 is 1.85 bits per heavy atom. The van der Waals surface area contributed by atoms with Crippen molar-refractivity contribution in [3.05, 3.63) is 35.2 Å². The van der Waals surface area contributed by atoms with Crippen LogP contribution in [-0.4, -0.2) is 52.0 Å². The minimum atomic E-state index is 0.0180. The number of carbonyl (C=O) groups excluding carboxylic acids is 1. The lowest BCUT2D eigenvalue weighted by atomic mass is 10.1. The van der Waals surface area contributed by atoms with Crippen molar-refractivity contribution < 1.29 is 9.32 Å². The zero-order valence-corrected chi connectivity index (χ0v) is 16.2. The van der Waals surface area contributed by atoms with E-state index in [0.717, 1.165) is 38.2 Å². The number of benzene rings is 1. The zero-order chi connectivity index (χ0) is 18.7. The molecule has 0 spiro atoms. The van der Waals surface area contributed by atoms with E-state index in [1.54, 1.807) is 0 Å². The van der Waals surface area contributed by atoms with Crippen LogP contribution in [0.4, 0.5) is 0 Å². The van der Waals surface area contributed by atoms with Gasteiger partial charge in [0.25, 0.3) is 0 Å². The molecule has 1 aromatic carbocycles. The summed E-state index contributed by atoms with van der Waals surface area (Å²) in [6.45, 7) is 9.20. The number of piperazine rings is 1. The maximum absolute atomic E-state index is 12.3. The van der Waals surface area contributed by atoms with Crippen LogP contribution in [-0.2, 0) is 4.79 Å². The van der Waals surface area contributed by atoms with Gasteiger partial charge in [0.05, 0.1) is 6.04 Å². The van der Waals surface area contributed by atoms with E-state index in [0.29, 0.717) is 16.7 Å². The maximum atomic E-state index is 12.3. The molecule has 0 radical (unpaired) electrons. The second-order valence-electron chi connectivity index (χ2n) is 6.81. The molecule has 1 aliphatic rings. The van der Waals surface area contributed by atoms with Crippen LogP contribution in [0.1, 0.15) is 39.1 Å². The van der Waals surface area contributed by atoms with Gasteiger partial charge in [0.15, 0.2) is 0 Å². The molecular formula is C19H25ClN4O2. The third-order valence-electron chi connectivity index (χ3n) is 5.11. The Labute approximate surface area is 159 Å². The summed E-state index contributed by atoms with van der Waals surface area (Å²) in [5.74, 6) is 1.50. The average Bonchev–Trinajstić information content (AvgIpc) is 3.17. The summed E-state index contributed by atoms with van der Waals surface area (Å²) in [4.78, 5) is 21.1. The van der Waals surface area contributed by atoms with Crippen LogP contribution in [0.15, 0.2) is 28.8 Å². The second kappa shape index (κ2) is 8.18. The fourth-order valence-electron chi connectivity index (χ4n) is 3.09. The van der Waals surface area contributed by atoms with Gasteiger partial charge < -0.3 is 9.42 Å². The molecule has 26 heavy (non-hydrogen) atoms. The van der Waals surface area contributed by atoms with Crippen molar-refractivity contribution in [2.24, 2.45) is 5.92 Å². The number of amides is 1. The molecule has 2 heterocycles. The largest absolute Gasteiger partial charge is 0.340 e. The standard InChI is InChI=1S/C19H25ClN4O2/c1-4-13(2)19(25)24-11-9-23(10-12-24)14(3)18-21-17(22-26-18)15-5-7-16(20)8-6-15/h5-8,13-14H,4,9-12H2,1-3H3/t13-,14+/m1/s1. The number of halogens is 1. The predicted octanol–water partition coefficient (Wildman–Crippen LogP) is 3.64. The highest BCUT2D eigenvalue weighted by Crippen LogP contribution is 2.24. The summed E-state index contributed by atoms with van der Waals surface area (Å²) in [5.41, 5.74) is 0.876. The normalized spacial score (nSPS) is 17.9. The molecule has 1 saturated heterocycles. The van der Waals surface area contributed by atoms with E-state index in [-0.39, 0.29) is 17.9 Å². The first kappa shape index (κ1) is 18.9. The summed E-state index contributed by atoms with van der Waals surface area (Å²) < 4.78 is 5.48. The fourth-order valence-corrected chi connectivity index (χ4v) is 3.22. The Bertz CT molecular complexity index is 738. The second-order valence-corrected chi connectivity index (χ2v) is 7.25. The van der Waals surface area contributed by atoms with Gasteiger partial charge in [-0.2, -0.15) is 4.98 Å². The number of carbonyl (C=O) groups is 1. The van der Waals surface area contributed by atoms with E-state index >= 15 is 0 Å². The van der Waals surface area contributed by atoms with Crippen LogP contribution < -0.4 is 0 Å². The lowest BCUT2D eigenvalue weighted by Crippen LogP contribution is -2.50. The van der Waals surface area contributed by atoms with Crippen LogP contribution in [0.25, 0.3) is 11.4 Å². The third kappa shape index (κ3) is 4.07. The lowest BCUT2D eigenvalue weighted by Gasteiger charge is -2.37. The predicted molar refractivity (Wildman–Crippen MR) is 101 cm³/mol. The molecule has 2 atom stereocenters. The molecule has 3 rings (SSSR count). The Kier molecular flexibility index (Phi) is 5.94. The molecule has 6 nitrogen and oxygen atoms in total. The van der Waals surface area contributed by atoms with E-state index in [1.807, 2.05) is 36.1 Å². The lowest BCUT2D eigenvalue weighted by molar-refractivity contribution is -0.137. The van der Waals surface area contributed by atoms with Crippen molar-refractivity contribution in [1.82, 2.24) is 19.9 Å².